The summed E-state index contributed by atoms with van der Waals surface area (Å²) in [4.78, 5) is 4.42. The number of rotatable bonds is 6. The van der Waals surface area contributed by atoms with Crippen LogP contribution in [0.3, 0.4) is 0 Å². The molecule has 100 valence electrons. The normalized spacial score (nSPS) is 10.4. The quantitative estimate of drug-likeness (QED) is 0.744. The number of hydrogen-bond acceptors (Lipinski definition) is 3. The van der Waals surface area contributed by atoms with Crippen LogP contribution in [0.25, 0.3) is 11.3 Å². The first-order valence-electron chi connectivity index (χ1n) is 6.42. The van der Waals surface area contributed by atoms with Crippen LogP contribution in [-0.2, 0) is 11.2 Å². The van der Waals surface area contributed by atoms with E-state index in [9.17, 15) is 0 Å². The topological polar surface area (TPSA) is 31.4 Å². The van der Waals surface area contributed by atoms with Gasteiger partial charge < -0.3 is 9.47 Å². The highest BCUT2D eigenvalue weighted by Gasteiger charge is 2.01. The minimum atomic E-state index is 0.792. The number of pyridine rings is 1. The van der Waals surface area contributed by atoms with Crippen LogP contribution < -0.4 is 4.74 Å². The Morgan fingerprint density at radius 2 is 1.84 bits per heavy atom. The highest BCUT2D eigenvalue weighted by molar-refractivity contribution is 5.60. The van der Waals surface area contributed by atoms with Gasteiger partial charge in [0.1, 0.15) is 5.75 Å². The summed E-state index contributed by atoms with van der Waals surface area (Å²) in [5.74, 6) is 0.861. The summed E-state index contributed by atoms with van der Waals surface area (Å²) in [6.45, 7) is 0.792. The fourth-order valence-electron chi connectivity index (χ4n) is 1.97. The number of ether oxygens (including phenoxy) is 2. The van der Waals surface area contributed by atoms with E-state index in [1.54, 1.807) is 14.2 Å². The van der Waals surface area contributed by atoms with E-state index in [2.05, 4.69) is 17.1 Å². The molecule has 0 unspecified atom stereocenters. The lowest BCUT2D eigenvalue weighted by Crippen LogP contribution is -1.94. The molecular formula is C16H19NO2. The zero-order chi connectivity index (χ0) is 13.5. The second-order valence-electron chi connectivity index (χ2n) is 4.37. The van der Waals surface area contributed by atoms with Gasteiger partial charge in [-0.2, -0.15) is 0 Å². The van der Waals surface area contributed by atoms with E-state index in [1.165, 1.54) is 5.56 Å². The molecule has 0 aliphatic heterocycles. The molecule has 0 saturated carbocycles. The third kappa shape index (κ3) is 3.80. The Morgan fingerprint density at radius 1 is 1.05 bits per heavy atom. The monoisotopic (exact) mass is 257 g/mol. The van der Waals surface area contributed by atoms with Crippen molar-refractivity contribution < 1.29 is 9.47 Å². The van der Waals surface area contributed by atoms with Crippen molar-refractivity contribution in [2.75, 3.05) is 20.8 Å². The van der Waals surface area contributed by atoms with Crippen LogP contribution in [0.15, 0.2) is 42.6 Å². The Bertz CT molecular complexity index is 508. The molecule has 1 aromatic carbocycles. The number of methoxy groups -OCH3 is 2. The van der Waals surface area contributed by atoms with Gasteiger partial charge in [-0.1, -0.05) is 0 Å². The van der Waals surface area contributed by atoms with E-state index < -0.39 is 0 Å². The maximum Gasteiger partial charge on any atom is 0.118 e. The highest BCUT2D eigenvalue weighted by atomic mass is 16.5. The third-order valence-corrected chi connectivity index (χ3v) is 3.02. The minimum absolute atomic E-state index is 0.792. The Kier molecular flexibility index (Phi) is 4.93. The zero-order valence-corrected chi connectivity index (χ0v) is 11.4. The van der Waals surface area contributed by atoms with Crippen LogP contribution >= 0.6 is 0 Å². The molecule has 2 aromatic rings. The molecule has 0 radical (unpaired) electrons. The van der Waals surface area contributed by atoms with Gasteiger partial charge in [0.25, 0.3) is 0 Å². The summed E-state index contributed by atoms with van der Waals surface area (Å²) in [6.07, 6.45) is 3.91. The standard InChI is InChI=1S/C16H19NO2/c1-18-11-3-4-13-9-10-17-16(12-13)14-5-7-15(19-2)8-6-14/h5-10,12H,3-4,11H2,1-2H3. The number of benzene rings is 1. The summed E-state index contributed by atoms with van der Waals surface area (Å²) < 4.78 is 10.2. The van der Waals surface area contributed by atoms with Crippen LogP contribution in [0, 0.1) is 0 Å². The third-order valence-electron chi connectivity index (χ3n) is 3.02. The molecule has 0 N–H and O–H groups in total. The maximum atomic E-state index is 5.16. The van der Waals surface area contributed by atoms with Crippen LogP contribution in [0.4, 0.5) is 0 Å². The van der Waals surface area contributed by atoms with Crippen molar-refractivity contribution in [3.63, 3.8) is 0 Å². The molecule has 3 nitrogen and oxygen atoms in total. The second-order valence-corrected chi connectivity index (χ2v) is 4.37. The van der Waals surface area contributed by atoms with Crippen molar-refractivity contribution in [3.8, 4) is 17.0 Å². The average Bonchev–Trinajstić information content (AvgIpc) is 2.48. The van der Waals surface area contributed by atoms with Crippen LogP contribution in [-0.4, -0.2) is 25.8 Å². The summed E-state index contributed by atoms with van der Waals surface area (Å²) in [5.41, 5.74) is 3.39. The van der Waals surface area contributed by atoms with Gasteiger partial charge in [-0.15, -0.1) is 0 Å². The minimum Gasteiger partial charge on any atom is -0.497 e. The van der Waals surface area contributed by atoms with E-state index in [0.29, 0.717) is 0 Å². The fraction of sp³-hybridized carbons (Fsp3) is 0.312. The number of hydrogen-bond donors (Lipinski definition) is 0. The molecule has 0 saturated heterocycles. The van der Waals surface area contributed by atoms with Crippen molar-refractivity contribution in [1.82, 2.24) is 4.98 Å². The molecule has 0 spiro atoms. The smallest absolute Gasteiger partial charge is 0.118 e. The van der Waals surface area contributed by atoms with Gasteiger partial charge >= 0.3 is 0 Å². The predicted octanol–water partition coefficient (Wildman–Crippen LogP) is 3.34. The van der Waals surface area contributed by atoms with E-state index in [4.69, 9.17) is 9.47 Å². The van der Waals surface area contributed by atoms with Crippen LogP contribution in [0.1, 0.15) is 12.0 Å². The van der Waals surface area contributed by atoms with Crippen molar-refractivity contribution in [2.45, 2.75) is 12.8 Å². The number of aryl methyl sites for hydroxylation is 1. The summed E-state index contributed by atoms with van der Waals surface area (Å²) >= 11 is 0. The van der Waals surface area contributed by atoms with Gasteiger partial charge in [0.2, 0.25) is 0 Å². The number of aromatic nitrogens is 1. The first kappa shape index (κ1) is 13.6. The molecule has 19 heavy (non-hydrogen) atoms. The molecule has 2 rings (SSSR count). The summed E-state index contributed by atoms with van der Waals surface area (Å²) in [6, 6.07) is 12.2. The second kappa shape index (κ2) is 6.90. The van der Waals surface area contributed by atoms with E-state index >= 15 is 0 Å². The molecule has 1 aromatic heterocycles. The average molecular weight is 257 g/mol. The van der Waals surface area contributed by atoms with Gasteiger partial charge in [0, 0.05) is 25.5 Å². The molecule has 0 amide bonds. The molecule has 0 atom stereocenters. The van der Waals surface area contributed by atoms with Gasteiger partial charge in [-0.05, 0) is 54.8 Å². The zero-order valence-electron chi connectivity index (χ0n) is 11.4. The molecule has 0 fully saturated rings. The highest BCUT2D eigenvalue weighted by Crippen LogP contribution is 2.21. The predicted molar refractivity (Wildman–Crippen MR) is 76.4 cm³/mol. The van der Waals surface area contributed by atoms with Crippen molar-refractivity contribution in [2.24, 2.45) is 0 Å². The number of nitrogens with zero attached hydrogens (tertiary/aromatic N) is 1. The fourth-order valence-corrected chi connectivity index (χ4v) is 1.97. The van der Waals surface area contributed by atoms with E-state index in [-0.39, 0.29) is 0 Å². The molecular weight excluding hydrogens is 238 g/mol. The van der Waals surface area contributed by atoms with Gasteiger partial charge in [-0.3, -0.25) is 4.98 Å². The van der Waals surface area contributed by atoms with Crippen LogP contribution in [0.2, 0.25) is 0 Å². The van der Waals surface area contributed by atoms with Crippen LogP contribution in [0.5, 0.6) is 5.75 Å². The van der Waals surface area contributed by atoms with Crippen molar-refractivity contribution in [1.29, 1.82) is 0 Å². The van der Waals surface area contributed by atoms with Crippen molar-refractivity contribution in [3.05, 3.63) is 48.2 Å². The Morgan fingerprint density at radius 3 is 2.53 bits per heavy atom. The van der Waals surface area contributed by atoms with Gasteiger partial charge in [0.05, 0.1) is 12.8 Å². The summed E-state index contributed by atoms with van der Waals surface area (Å²) in [5, 5.41) is 0. The first-order valence-corrected chi connectivity index (χ1v) is 6.42. The summed E-state index contributed by atoms with van der Waals surface area (Å²) in [7, 11) is 3.40. The molecule has 0 bridgehead atoms. The van der Waals surface area contributed by atoms with Gasteiger partial charge in [0.15, 0.2) is 0 Å². The molecule has 0 aliphatic rings. The van der Waals surface area contributed by atoms with E-state index in [1.807, 2.05) is 30.5 Å². The lowest BCUT2D eigenvalue weighted by Gasteiger charge is -2.06. The molecule has 0 aliphatic carbocycles. The maximum absolute atomic E-state index is 5.16. The lowest BCUT2D eigenvalue weighted by molar-refractivity contribution is 0.195. The van der Waals surface area contributed by atoms with E-state index in [0.717, 1.165) is 36.5 Å². The Hall–Kier alpha value is -1.87. The Labute approximate surface area is 114 Å². The van der Waals surface area contributed by atoms with Crippen molar-refractivity contribution >= 4 is 0 Å². The molecule has 1 heterocycles. The largest absolute Gasteiger partial charge is 0.497 e. The van der Waals surface area contributed by atoms with Gasteiger partial charge in [-0.25, -0.2) is 0 Å². The molecule has 3 heteroatoms. The SMILES string of the molecule is COCCCc1ccnc(-c2ccc(OC)cc2)c1. The first-order chi connectivity index (χ1) is 9.33. The lowest BCUT2D eigenvalue weighted by atomic mass is 10.1. The Balaban J connectivity index is 2.12.